The molecule has 3 saturated heterocycles. The topological polar surface area (TPSA) is 106 Å². The van der Waals surface area contributed by atoms with Crippen LogP contribution in [0.25, 0.3) is 0 Å². The minimum absolute atomic E-state index is 0.0633. The molecule has 0 bridgehead atoms. The molecule has 9 atom stereocenters. The van der Waals surface area contributed by atoms with Crippen LogP contribution in [0.3, 0.4) is 0 Å². The van der Waals surface area contributed by atoms with Crippen LogP contribution in [0.1, 0.15) is 66.2 Å². The lowest BCUT2D eigenvalue weighted by Crippen LogP contribution is -2.62. The molecular formula is C25H45N5O3. The summed E-state index contributed by atoms with van der Waals surface area (Å²) < 4.78 is 0. The van der Waals surface area contributed by atoms with E-state index in [4.69, 9.17) is 0 Å². The van der Waals surface area contributed by atoms with Crippen molar-refractivity contribution in [1.29, 1.82) is 0 Å². The van der Waals surface area contributed by atoms with Crippen molar-refractivity contribution in [2.75, 3.05) is 19.7 Å². The van der Waals surface area contributed by atoms with E-state index in [1.54, 1.807) is 0 Å². The van der Waals surface area contributed by atoms with E-state index in [-0.39, 0.29) is 60.3 Å². The van der Waals surface area contributed by atoms with Gasteiger partial charge in [0.05, 0.1) is 12.1 Å². The van der Waals surface area contributed by atoms with Gasteiger partial charge < -0.3 is 15.7 Å². The predicted octanol–water partition coefficient (Wildman–Crippen LogP) is 1.21. The van der Waals surface area contributed by atoms with Gasteiger partial charge in [-0.05, 0) is 70.6 Å². The molecular weight excluding hydrogens is 418 g/mol. The maximum Gasteiger partial charge on any atom is 0.225 e. The zero-order valence-electron chi connectivity index (χ0n) is 20.8. The molecule has 0 aromatic carbocycles. The third-order valence-electron chi connectivity index (χ3n) is 8.80. The molecule has 0 aromatic rings. The number of carbonyl (C=O) groups excluding carboxylic acids is 2. The molecule has 1 saturated carbocycles. The normalized spacial score (nSPS) is 42.1. The summed E-state index contributed by atoms with van der Waals surface area (Å²) in [7, 11) is 0. The van der Waals surface area contributed by atoms with Crippen molar-refractivity contribution in [2.24, 2.45) is 35.5 Å². The van der Waals surface area contributed by atoms with E-state index < -0.39 is 0 Å². The molecule has 33 heavy (non-hydrogen) atoms. The third kappa shape index (κ3) is 5.39. The van der Waals surface area contributed by atoms with Crippen LogP contribution in [0.2, 0.25) is 0 Å². The molecule has 1 aliphatic carbocycles. The molecule has 8 heteroatoms. The molecule has 0 aromatic heterocycles. The molecule has 8 nitrogen and oxygen atoms in total. The number of carbonyl (C=O) groups is 2. The quantitative estimate of drug-likeness (QED) is 0.406. The van der Waals surface area contributed by atoms with E-state index in [0.29, 0.717) is 24.4 Å². The first-order valence-electron chi connectivity index (χ1n) is 13.2. The smallest absolute Gasteiger partial charge is 0.225 e. The number of aliphatic hydroxyl groups excluding tert-OH is 1. The molecule has 4 aliphatic rings. The standard InChI is InChI=1S/C25H45N5O3/c1-14(2)30-23-21(12-27-30)19(10-22(29-23)18-7-5-6-17(9-18)13-31)24(32)26-11-20-15(3)8-16(4)28-25(20)33/h14-23,27,29,31H,5-13H2,1-4H3,(H,26,32)(H,28,33). The lowest BCUT2D eigenvalue weighted by molar-refractivity contribution is -0.132. The molecule has 5 N–H and O–H groups in total. The van der Waals surface area contributed by atoms with Crippen molar-refractivity contribution < 1.29 is 14.7 Å². The summed E-state index contributed by atoms with van der Waals surface area (Å²) in [6.07, 6.45) is 6.36. The van der Waals surface area contributed by atoms with Gasteiger partial charge in [0.15, 0.2) is 0 Å². The first kappa shape index (κ1) is 24.9. The van der Waals surface area contributed by atoms with Gasteiger partial charge in [0.25, 0.3) is 0 Å². The number of nitrogens with one attached hydrogen (secondary N) is 4. The second-order valence-corrected chi connectivity index (χ2v) is 11.5. The van der Waals surface area contributed by atoms with E-state index in [1.807, 2.05) is 6.92 Å². The Kier molecular flexibility index (Phi) is 7.98. The van der Waals surface area contributed by atoms with Crippen LogP contribution in [0.4, 0.5) is 0 Å². The summed E-state index contributed by atoms with van der Waals surface area (Å²) >= 11 is 0. The number of fused-ring (bicyclic) bond motifs is 1. The summed E-state index contributed by atoms with van der Waals surface area (Å²) in [5, 5.41) is 22.1. The lowest BCUT2D eigenvalue weighted by atomic mass is 9.71. The van der Waals surface area contributed by atoms with Gasteiger partial charge >= 0.3 is 0 Å². The van der Waals surface area contributed by atoms with Crippen LogP contribution < -0.4 is 21.4 Å². The summed E-state index contributed by atoms with van der Waals surface area (Å²) in [5.74, 6) is 1.28. The Labute approximate surface area is 199 Å². The van der Waals surface area contributed by atoms with Crippen molar-refractivity contribution in [3.8, 4) is 0 Å². The molecule has 0 radical (unpaired) electrons. The van der Waals surface area contributed by atoms with Gasteiger partial charge in [-0.3, -0.25) is 20.3 Å². The van der Waals surface area contributed by atoms with Crippen molar-refractivity contribution in [3.05, 3.63) is 0 Å². The maximum atomic E-state index is 13.5. The van der Waals surface area contributed by atoms with Crippen molar-refractivity contribution in [3.63, 3.8) is 0 Å². The van der Waals surface area contributed by atoms with Gasteiger partial charge in [0.1, 0.15) is 0 Å². The molecule has 0 spiro atoms. The van der Waals surface area contributed by atoms with Crippen molar-refractivity contribution in [2.45, 2.75) is 90.5 Å². The van der Waals surface area contributed by atoms with Crippen LogP contribution in [-0.4, -0.2) is 65.9 Å². The van der Waals surface area contributed by atoms with Gasteiger partial charge in [0, 0.05) is 49.7 Å². The van der Waals surface area contributed by atoms with E-state index in [0.717, 1.165) is 45.1 Å². The highest BCUT2D eigenvalue weighted by Gasteiger charge is 2.49. The third-order valence-corrected chi connectivity index (χ3v) is 8.80. The second kappa shape index (κ2) is 10.6. The largest absolute Gasteiger partial charge is 0.396 e. The van der Waals surface area contributed by atoms with Gasteiger partial charge in [0.2, 0.25) is 11.8 Å². The summed E-state index contributed by atoms with van der Waals surface area (Å²) in [6, 6.07) is 0.811. The fourth-order valence-corrected chi connectivity index (χ4v) is 6.95. The molecule has 3 heterocycles. The van der Waals surface area contributed by atoms with Gasteiger partial charge in [-0.2, -0.15) is 0 Å². The maximum absolute atomic E-state index is 13.5. The fraction of sp³-hybridized carbons (Fsp3) is 0.920. The number of amides is 2. The Morgan fingerprint density at radius 1 is 1.21 bits per heavy atom. The number of hydrogen-bond donors (Lipinski definition) is 5. The first-order chi connectivity index (χ1) is 15.8. The fourth-order valence-electron chi connectivity index (χ4n) is 6.95. The van der Waals surface area contributed by atoms with Crippen LogP contribution in [0.5, 0.6) is 0 Å². The summed E-state index contributed by atoms with van der Waals surface area (Å²) in [6.45, 7) is 10.00. The van der Waals surface area contributed by atoms with E-state index in [9.17, 15) is 14.7 Å². The van der Waals surface area contributed by atoms with Crippen molar-refractivity contribution >= 4 is 11.8 Å². The summed E-state index contributed by atoms with van der Waals surface area (Å²) in [4.78, 5) is 26.0. The Morgan fingerprint density at radius 2 is 2.00 bits per heavy atom. The Morgan fingerprint density at radius 3 is 2.70 bits per heavy atom. The Bertz CT molecular complexity index is 704. The highest BCUT2D eigenvalue weighted by atomic mass is 16.3. The monoisotopic (exact) mass is 463 g/mol. The van der Waals surface area contributed by atoms with Crippen LogP contribution in [-0.2, 0) is 9.59 Å². The highest BCUT2D eigenvalue weighted by Crippen LogP contribution is 2.39. The SMILES string of the molecule is CC1CC(C)C(CNC(=O)C2CC(C3CCCC(CO)C3)NC3C2CNN3C(C)C)C(=O)N1. The first-order valence-corrected chi connectivity index (χ1v) is 13.2. The van der Waals surface area contributed by atoms with Crippen LogP contribution in [0, 0.1) is 35.5 Å². The van der Waals surface area contributed by atoms with Crippen LogP contribution in [0.15, 0.2) is 0 Å². The zero-order chi connectivity index (χ0) is 23.7. The molecule has 4 fully saturated rings. The summed E-state index contributed by atoms with van der Waals surface area (Å²) in [5.41, 5.74) is 3.54. The van der Waals surface area contributed by atoms with E-state index in [2.05, 4.69) is 47.2 Å². The Balaban J connectivity index is 1.45. The number of rotatable bonds is 6. The number of aliphatic hydroxyl groups is 1. The zero-order valence-corrected chi connectivity index (χ0v) is 20.8. The number of piperidine rings is 2. The molecule has 3 aliphatic heterocycles. The number of hydrazine groups is 1. The van der Waals surface area contributed by atoms with E-state index in [1.165, 1.54) is 0 Å². The second-order valence-electron chi connectivity index (χ2n) is 11.5. The average molecular weight is 464 g/mol. The lowest BCUT2D eigenvalue weighted by Gasteiger charge is -2.46. The molecule has 4 rings (SSSR count). The predicted molar refractivity (Wildman–Crippen MR) is 128 cm³/mol. The Hall–Kier alpha value is -1.22. The minimum atomic E-state index is -0.156. The van der Waals surface area contributed by atoms with Crippen molar-refractivity contribution in [1.82, 2.24) is 26.4 Å². The van der Waals surface area contributed by atoms with Gasteiger partial charge in [-0.15, -0.1) is 0 Å². The van der Waals surface area contributed by atoms with Gasteiger partial charge in [-0.1, -0.05) is 13.3 Å². The van der Waals surface area contributed by atoms with Gasteiger partial charge in [-0.25, -0.2) is 5.01 Å². The molecule has 9 unspecified atom stereocenters. The molecule has 2 amide bonds. The minimum Gasteiger partial charge on any atom is -0.396 e. The molecule has 188 valence electrons. The number of nitrogens with zero attached hydrogens (tertiary/aromatic N) is 1. The van der Waals surface area contributed by atoms with E-state index >= 15 is 0 Å². The highest BCUT2D eigenvalue weighted by molar-refractivity contribution is 5.83. The van der Waals surface area contributed by atoms with Crippen LogP contribution >= 0.6 is 0 Å². The average Bonchev–Trinajstić information content (AvgIpc) is 3.22. The number of hydrogen-bond acceptors (Lipinski definition) is 6.